The number of carbonyl (C=O) groups excluding carboxylic acids is 1. The van der Waals surface area contributed by atoms with Crippen LogP contribution in [-0.2, 0) is 6.42 Å². The predicted molar refractivity (Wildman–Crippen MR) is 54.5 cm³/mol. The topological polar surface area (TPSA) is 60.9 Å². The summed E-state index contributed by atoms with van der Waals surface area (Å²) in [4.78, 5) is 14.9. The molecule has 0 fully saturated rings. The number of hydrogen-bond acceptors (Lipinski definition) is 2. The molecule has 2 heterocycles. The number of halogens is 3. The standard InChI is InChI=1S/C10H8F3N3O/c11-10(12,13)4-6-5-16(9(14)17)7-2-1-3-15-8(6)7/h1-3,5H,4H2,(H2,14,17). The maximum absolute atomic E-state index is 12.3. The first-order valence-corrected chi connectivity index (χ1v) is 4.70. The van der Waals surface area contributed by atoms with Crippen LogP contribution < -0.4 is 5.73 Å². The molecule has 0 aliphatic carbocycles. The van der Waals surface area contributed by atoms with Crippen LogP contribution in [0.2, 0.25) is 0 Å². The molecule has 0 aromatic carbocycles. The second kappa shape index (κ2) is 3.76. The number of fused-ring (bicyclic) bond motifs is 1. The van der Waals surface area contributed by atoms with Crippen molar-refractivity contribution in [2.75, 3.05) is 0 Å². The zero-order valence-electron chi connectivity index (χ0n) is 8.53. The Morgan fingerprint density at radius 3 is 2.76 bits per heavy atom. The summed E-state index contributed by atoms with van der Waals surface area (Å²) in [6, 6.07) is 2.18. The Bertz CT molecular complexity index is 574. The first-order valence-electron chi connectivity index (χ1n) is 4.70. The van der Waals surface area contributed by atoms with Gasteiger partial charge in [-0.1, -0.05) is 0 Å². The second-order valence-corrected chi connectivity index (χ2v) is 3.53. The minimum absolute atomic E-state index is 0.0631. The number of nitrogens with zero attached hydrogens (tertiary/aromatic N) is 2. The van der Waals surface area contributed by atoms with Crippen LogP contribution in [0.1, 0.15) is 5.56 Å². The van der Waals surface area contributed by atoms with Crippen molar-refractivity contribution in [3.8, 4) is 0 Å². The molecule has 0 saturated carbocycles. The molecule has 2 aromatic rings. The summed E-state index contributed by atoms with van der Waals surface area (Å²) in [5.74, 6) is 0. The summed E-state index contributed by atoms with van der Waals surface area (Å²) < 4.78 is 37.9. The van der Waals surface area contributed by atoms with Crippen LogP contribution in [0, 0.1) is 0 Å². The molecule has 0 atom stereocenters. The van der Waals surface area contributed by atoms with Gasteiger partial charge in [-0.3, -0.25) is 9.55 Å². The molecule has 0 spiro atoms. The third kappa shape index (κ3) is 2.22. The van der Waals surface area contributed by atoms with Gasteiger partial charge >= 0.3 is 12.2 Å². The molecule has 2 N–H and O–H groups in total. The van der Waals surface area contributed by atoms with Gasteiger partial charge in [0.2, 0.25) is 0 Å². The largest absolute Gasteiger partial charge is 0.393 e. The van der Waals surface area contributed by atoms with Crippen molar-refractivity contribution < 1.29 is 18.0 Å². The number of alkyl halides is 3. The van der Waals surface area contributed by atoms with Gasteiger partial charge in [0.25, 0.3) is 0 Å². The van der Waals surface area contributed by atoms with E-state index in [0.717, 1.165) is 10.8 Å². The van der Waals surface area contributed by atoms with Crippen LogP contribution in [-0.4, -0.2) is 21.8 Å². The number of carbonyl (C=O) groups is 1. The average molecular weight is 243 g/mol. The number of primary amides is 1. The number of hydrogen-bond donors (Lipinski definition) is 1. The Labute approximate surface area is 93.8 Å². The van der Waals surface area contributed by atoms with Crippen LogP contribution in [0.4, 0.5) is 18.0 Å². The summed E-state index contributed by atoms with van der Waals surface area (Å²) in [5.41, 5.74) is 5.43. The minimum Gasteiger partial charge on any atom is -0.351 e. The Balaban J connectivity index is 2.61. The second-order valence-electron chi connectivity index (χ2n) is 3.53. The van der Waals surface area contributed by atoms with Crippen molar-refractivity contribution in [1.82, 2.24) is 9.55 Å². The van der Waals surface area contributed by atoms with Crippen LogP contribution in [0.15, 0.2) is 24.5 Å². The normalized spacial score (nSPS) is 11.9. The Hall–Kier alpha value is -2.05. The molecular weight excluding hydrogens is 235 g/mol. The Morgan fingerprint density at radius 2 is 2.18 bits per heavy atom. The van der Waals surface area contributed by atoms with E-state index < -0.39 is 18.6 Å². The van der Waals surface area contributed by atoms with Crippen molar-refractivity contribution in [2.24, 2.45) is 5.73 Å². The van der Waals surface area contributed by atoms with Gasteiger partial charge in [0.1, 0.15) is 0 Å². The number of nitrogens with two attached hydrogens (primary N) is 1. The summed E-state index contributed by atoms with van der Waals surface area (Å²) >= 11 is 0. The number of rotatable bonds is 1. The van der Waals surface area contributed by atoms with Gasteiger partial charge in [0.15, 0.2) is 0 Å². The summed E-state index contributed by atoms with van der Waals surface area (Å²) in [6.07, 6.45) is -3.05. The van der Waals surface area contributed by atoms with Crippen LogP contribution >= 0.6 is 0 Å². The van der Waals surface area contributed by atoms with E-state index in [2.05, 4.69) is 4.98 Å². The molecule has 0 aliphatic heterocycles. The lowest BCUT2D eigenvalue weighted by Gasteiger charge is -2.03. The van der Waals surface area contributed by atoms with Crippen LogP contribution in [0.25, 0.3) is 11.0 Å². The highest BCUT2D eigenvalue weighted by Gasteiger charge is 2.30. The molecule has 7 heteroatoms. The van der Waals surface area contributed by atoms with Gasteiger partial charge in [-0.05, 0) is 12.1 Å². The number of amides is 1. The fraction of sp³-hybridized carbons (Fsp3) is 0.200. The van der Waals surface area contributed by atoms with Crippen molar-refractivity contribution in [3.63, 3.8) is 0 Å². The molecule has 17 heavy (non-hydrogen) atoms. The van der Waals surface area contributed by atoms with Crippen molar-refractivity contribution >= 4 is 17.1 Å². The third-order valence-electron chi connectivity index (χ3n) is 2.26. The average Bonchev–Trinajstić information content (AvgIpc) is 2.55. The fourth-order valence-electron chi connectivity index (χ4n) is 1.65. The van der Waals surface area contributed by atoms with Crippen LogP contribution in [0.5, 0.6) is 0 Å². The molecular formula is C10H8F3N3O. The molecule has 1 amide bonds. The molecule has 0 bridgehead atoms. The van der Waals surface area contributed by atoms with Crippen LogP contribution in [0.3, 0.4) is 0 Å². The molecule has 0 saturated heterocycles. The first kappa shape index (κ1) is 11.4. The first-order chi connectivity index (χ1) is 7.88. The molecule has 2 rings (SSSR count). The van der Waals surface area contributed by atoms with Gasteiger partial charge in [0.05, 0.1) is 17.5 Å². The Morgan fingerprint density at radius 1 is 1.47 bits per heavy atom. The lowest BCUT2D eigenvalue weighted by Crippen LogP contribution is -2.18. The molecule has 0 radical (unpaired) electrons. The highest BCUT2D eigenvalue weighted by Crippen LogP contribution is 2.26. The number of pyridine rings is 1. The summed E-state index contributed by atoms with van der Waals surface area (Å²) in [5, 5.41) is 0. The van der Waals surface area contributed by atoms with E-state index >= 15 is 0 Å². The maximum atomic E-state index is 12.3. The smallest absolute Gasteiger partial charge is 0.351 e. The minimum atomic E-state index is -4.35. The van der Waals surface area contributed by atoms with E-state index in [1.807, 2.05) is 0 Å². The molecule has 0 aliphatic rings. The van der Waals surface area contributed by atoms with E-state index in [9.17, 15) is 18.0 Å². The van der Waals surface area contributed by atoms with E-state index in [-0.39, 0.29) is 16.6 Å². The molecule has 0 unspecified atom stereocenters. The van der Waals surface area contributed by atoms with Gasteiger partial charge < -0.3 is 5.73 Å². The lowest BCUT2D eigenvalue weighted by atomic mass is 10.2. The number of aromatic nitrogens is 2. The SMILES string of the molecule is NC(=O)n1cc(CC(F)(F)F)c2ncccc21. The van der Waals surface area contributed by atoms with E-state index in [1.54, 1.807) is 0 Å². The molecule has 2 aromatic heterocycles. The maximum Gasteiger partial charge on any atom is 0.393 e. The summed E-state index contributed by atoms with van der Waals surface area (Å²) in [6.45, 7) is 0. The highest BCUT2D eigenvalue weighted by molar-refractivity contribution is 5.90. The third-order valence-corrected chi connectivity index (χ3v) is 2.26. The highest BCUT2D eigenvalue weighted by atomic mass is 19.4. The van der Waals surface area contributed by atoms with Gasteiger partial charge in [-0.25, -0.2) is 4.79 Å². The Kier molecular flexibility index (Phi) is 2.53. The van der Waals surface area contributed by atoms with Gasteiger partial charge in [-0.2, -0.15) is 13.2 Å². The molecule has 4 nitrogen and oxygen atoms in total. The van der Waals surface area contributed by atoms with Crippen molar-refractivity contribution in [2.45, 2.75) is 12.6 Å². The zero-order chi connectivity index (χ0) is 12.6. The fourth-order valence-corrected chi connectivity index (χ4v) is 1.65. The van der Waals surface area contributed by atoms with Crippen molar-refractivity contribution in [1.29, 1.82) is 0 Å². The van der Waals surface area contributed by atoms with E-state index in [4.69, 9.17) is 5.73 Å². The monoisotopic (exact) mass is 243 g/mol. The molecule has 90 valence electrons. The van der Waals surface area contributed by atoms with E-state index in [1.165, 1.54) is 18.3 Å². The van der Waals surface area contributed by atoms with Gasteiger partial charge in [0, 0.05) is 18.0 Å². The van der Waals surface area contributed by atoms with E-state index in [0.29, 0.717) is 0 Å². The predicted octanol–water partition coefficient (Wildman–Crippen LogP) is 2.07. The zero-order valence-corrected chi connectivity index (χ0v) is 8.53. The quantitative estimate of drug-likeness (QED) is 0.833. The van der Waals surface area contributed by atoms with Gasteiger partial charge in [-0.15, -0.1) is 0 Å². The summed E-state index contributed by atoms with van der Waals surface area (Å²) in [7, 11) is 0. The van der Waals surface area contributed by atoms with Crippen molar-refractivity contribution in [3.05, 3.63) is 30.1 Å². The lowest BCUT2D eigenvalue weighted by molar-refractivity contribution is -0.127.